The molecule has 0 saturated carbocycles. The molecule has 96 valence electrons. The molecule has 0 aromatic carbocycles. The summed E-state index contributed by atoms with van der Waals surface area (Å²) in [5, 5.41) is 15.4. The van der Waals surface area contributed by atoms with Crippen LogP contribution in [0.3, 0.4) is 0 Å². The summed E-state index contributed by atoms with van der Waals surface area (Å²) in [4.78, 5) is 11.5. The lowest BCUT2D eigenvalue weighted by molar-refractivity contribution is -0.124. The highest BCUT2D eigenvalue weighted by Gasteiger charge is 2.18. The van der Waals surface area contributed by atoms with Crippen LogP contribution in [0.1, 0.15) is 34.1 Å². The van der Waals surface area contributed by atoms with Crippen molar-refractivity contribution in [1.29, 1.82) is 0 Å². The van der Waals surface area contributed by atoms with Crippen LogP contribution in [0.25, 0.3) is 0 Å². The number of carbonyl (C=O) groups excluding carboxylic acids is 1. The molecule has 0 saturated heterocycles. The van der Waals surface area contributed by atoms with Crippen LogP contribution in [0.5, 0.6) is 0 Å². The molecule has 0 fully saturated rings. The Morgan fingerprint density at radius 1 is 1.31 bits per heavy atom. The van der Waals surface area contributed by atoms with Crippen LogP contribution in [0.15, 0.2) is 0 Å². The maximum absolute atomic E-state index is 11.5. The Labute approximate surface area is 98.8 Å². The van der Waals surface area contributed by atoms with E-state index in [-0.39, 0.29) is 17.2 Å². The third-order valence-corrected chi connectivity index (χ3v) is 2.32. The van der Waals surface area contributed by atoms with Crippen LogP contribution in [0.2, 0.25) is 0 Å². The molecule has 4 heteroatoms. The van der Waals surface area contributed by atoms with Crippen molar-refractivity contribution in [2.24, 2.45) is 11.3 Å². The molecule has 16 heavy (non-hydrogen) atoms. The summed E-state index contributed by atoms with van der Waals surface area (Å²) in [7, 11) is 1.82. The van der Waals surface area contributed by atoms with E-state index in [4.69, 9.17) is 0 Å². The molecular weight excluding hydrogens is 204 g/mol. The first-order valence-electron chi connectivity index (χ1n) is 5.86. The lowest BCUT2D eigenvalue weighted by Crippen LogP contribution is -2.39. The SMILES string of the molecule is CNCC(C)C(=O)NCC(O)CC(C)(C)C. The van der Waals surface area contributed by atoms with Gasteiger partial charge in [0.2, 0.25) is 5.91 Å². The normalized spacial score (nSPS) is 15.6. The Morgan fingerprint density at radius 3 is 2.31 bits per heavy atom. The van der Waals surface area contributed by atoms with Gasteiger partial charge in [0, 0.05) is 19.0 Å². The smallest absolute Gasteiger partial charge is 0.224 e. The Bertz CT molecular complexity index is 212. The van der Waals surface area contributed by atoms with Crippen LogP contribution in [0.4, 0.5) is 0 Å². The van der Waals surface area contributed by atoms with E-state index in [9.17, 15) is 9.90 Å². The number of hydrogen-bond donors (Lipinski definition) is 3. The Balaban J connectivity index is 3.83. The van der Waals surface area contributed by atoms with Gasteiger partial charge in [-0.3, -0.25) is 4.79 Å². The fourth-order valence-corrected chi connectivity index (χ4v) is 1.57. The summed E-state index contributed by atoms with van der Waals surface area (Å²) in [6.45, 7) is 9.07. The molecule has 0 aromatic rings. The fraction of sp³-hybridized carbons (Fsp3) is 0.917. The molecule has 0 bridgehead atoms. The van der Waals surface area contributed by atoms with Gasteiger partial charge < -0.3 is 15.7 Å². The average molecular weight is 230 g/mol. The largest absolute Gasteiger partial charge is 0.391 e. The third kappa shape index (κ3) is 7.65. The summed E-state index contributed by atoms with van der Waals surface area (Å²) < 4.78 is 0. The zero-order valence-electron chi connectivity index (χ0n) is 11.1. The number of nitrogens with one attached hydrogen (secondary N) is 2. The predicted molar refractivity (Wildman–Crippen MR) is 66.2 cm³/mol. The highest BCUT2D eigenvalue weighted by molar-refractivity contribution is 5.78. The van der Waals surface area contributed by atoms with Gasteiger partial charge in [-0.05, 0) is 18.9 Å². The van der Waals surface area contributed by atoms with Gasteiger partial charge in [-0.1, -0.05) is 27.7 Å². The first-order valence-corrected chi connectivity index (χ1v) is 5.86. The Kier molecular flexibility index (Phi) is 6.60. The molecule has 0 aliphatic heterocycles. The number of aliphatic hydroxyl groups is 1. The van der Waals surface area contributed by atoms with Gasteiger partial charge in [-0.15, -0.1) is 0 Å². The van der Waals surface area contributed by atoms with Gasteiger partial charge in [0.05, 0.1) is 6.10 Å². The van der Waals surface area contributed by atoms with Gasteiger partial charge in [-0.2, -0.15) is 0 Å². The first kappa shape index (κ1) is 15.4. The number of aliphatic hydroxyl groups excluding tert-OH is 1. The van der Waals surface area contributed by atoms with E-state index in [1.807, 2.05) is 14.0 Å². The lowest BCUT2D eigenvalue weighted by Gasteiger charge is -2.23. The molecule has 0 radical (unpaired) electrons. The highest BCUT2D eigenvalue weighted by atomic mass is 16.3. The van der Waals surface area contributed by atoms with Crippen LogP contribution in [0, 0.1) is 11.3 Å². The fourth-order valence-electron chi connectivity index (χ4n) is 1.57. The lowest BCUT2D eigenvalue weighted by atomic mass is 9.89. The quantitative estimate of drug-likeness (QED) is 0.631. The van der Waals surface area contributed by atoms with E-state index in [2.05, 4.69) is 31.4 Å². The zero-order valence-corrected chi connectivity index (χ0v) is 11.1. The molecule has 0 heterocycles. The zero-order chi connectivity index (χ0) is 12.8. The van der Waals surface area contributed by atoms with Gasteiger partial charge >= 0.3 is 0 Å². The average Bonchev–Trinajstić information content (AvgIpc) is 2.11. The van der Waals surface area contributed by atoms with E-state index in [0.717, 1.165) is 0 Å². The second-order valence-corrected chi connectivity index (χ2v) is 5.62. The van der Waals surface area contributed by atoms with Crippen molar-refractivity contribution in [3.8, 4) is 0 Å². The highest BCUT2D eigenvalue weighted by Crippen LogP contribution is 2.20. The van der Waals surface area contributed by atoms with E-state index in [1.165, 1.54) is 0 Å². The predicted octanol–water partition coefficient (Wildman–Crippen LogP) is 0.755. The van der Waals surface area contributed by atoms with Gasteiger partial charge in [0.15, 0.2) is 0 Å². The molecule has 2 atom stereocenters. The molecule has 0 rings (SSSR count). The molecule has 2 unspecified atom stereocenters. The van der Waals surface area contributed by atoms with Crippen LogP contribution < -0.4 is 10.6 Å². The molecule has 3 N–H and O–H groups in total. The maximum atomic E-state index is 11.5. The Morgan fingerprint density at radius 2 is 1.88 bits per heavy atom. The van der Waals surface area contributed by atoms with Crippen molar-refractivity contribution in [1.82, 2.24) is 10.6 Å². The molecule has 0 aliphatic rings. The molecule has 0 aliphatic carbocycles. The first-order chi connectivity index (χ1) is 7.26. The van der Waals surface area contributed by atoms with Crippen molar-refractivity contribution >= 4 is 5.91 Å². The minimum atomic E-state index is -0.467. The summed E-state index contributed by atoms with van der Waals surface area (Å²) in [6, 6.07) is 0. The molecule has 1 amide bonds. The van der Waals surface area contributed by atoms with Crippen LogP contribution in [-0.2, 0) is 4.79 Å². The Hall–Kier alpha value is -0.610. The molecule has 0 aromatic heterocycles. The number of rotatable bonds is 6. The number of hydrogen-bond acceptors (Lipinski definition) is 3. The van der Waals surface area contributed by atoms with Crippen LogP contribution in [-0.4, -0.2) is 37.3 Å². The molecule has 0 spiro atoms. The van der Waals surface area contributed by atoms with E-state index >= 15 is 0 Å². The summed E-state index contributed by atoms with van der Waals surface area (Å²) in [5.41, 5.74) is 0.0841. The van der Waals surface area contributed by atoms with Gasteiger partial charge in [0.1, 0.15) is 0 Å². The van der Waals surface area contributed by atoms with Crippen LogP contribution >= 0.6 is 0 Å². The van der Waals surface area contributed by atoms with Crippen molar-refractivity contribution < 1.29 is 9.90 Å². The van der Waals surface area contributed by atoms with Crippen molar-refractivity contribution in [3.05, 3.63) is 0 Å². The van der Waals surface area contributed by atoms with E-state index in [0.29, 0.717) is 19.5 Å². The maximum Gasteiger partial charge on any atom is 0.224 e. The standard InChI is InChI=1S/C12H26N2O2/c1-9(7-13-5)11(16)14-8-10(15)6-12(2,3)4/h9-10,13,15H,6-8H2,1-5H3,(H,14,16). The topological polar surface area (TPSA) is 61.4 Å². The van der Waals surface area contributed by atoms with Gasteiger partial charge in [-0.25, -0.2) is 0 Å². The second kappa shape index (κ2) is 6.86. The van der Waals surface area contributed by atoms with Crippen molar-refractivity contribution in [3.63, 3.8) is 0 Å². The third-order valence-electron chi connectivity index (χ3n) is 2.32. The summed E-state index contributed by atoms with van der Waals surface area (Å²) in [5.74, 6) is -0.0749. The van der Waals surface area contributed by atoms with Crippen molar-refractivity contribution in [2.45, 2.75) is 40.2 Å². The second-order valence-electron chi connectivity index (χ2n) is 5.62. The minimum Gasteiger partial charge on any atom is -0.391 e. The molecule has 4 nitrogen and oxygen atoms in total. The minimum absolute atomic E-state index is 0.0118. The molecular formula is C12H26N2O2. The van der Waals surface area contributed by atoms with E-state index < -0.39 is 6.10 Å². The number of carbonyl (C=O) groups is 1. The van der Waals surface area contributed by atoms with E-state index in [1.54, 1.807) is 0 Å². The number of amides is 1. The summed E-state index contributed by atoms with van der Waals surface area (Å²) >= 11 is 0. The summed E-state index contributed by atoms with van der Waals surface area (Å²) in [6.07, 6.45) is 0.221. The monoisotopic (exact) mass is 230 g/mol. The van der Waals surface area contributed by atoms with Crippen molar-refractivity contribution in [2.75, 3.05) is 20.1 Å². The van der Waals surface area contributed by atoms with Gasteiger partial charge in [0.25, 0.3) is 0 Å².